The molecule has 5 nitrogen and oxygen atoms in total. The van der Waals surface area contributed by atoms with Crippen LogP contribution in [-0.2, 0) is 0 Å². The minimum atomic E-state index is -1.10. The second-order valence-electron chi connectivity index (χ2n) is 3.54. The Kier molecular flexibility index (Phi) is 3.23. The maximum atomic E-state index is 10.7. The number of hydrogen-bond donors (Lipinski definition) is 1. The summed E-state index contributed by atoms with van der Waals surface area (Å²) in [7, 11) is 3.08. The van der Waals surface area contributed by atoms with Gasteiger partial charge in [-0.25, -0.2) is 4.79 Å². The Morgan fingerprint density at radius 1 is 1.11 bits per heavy atom. The summed E-state index contributed by atoms with van der Waals surface area (Å²) in [6.07, 6.45) is 0. The molecule has 0 aliphatic rings. The average molecular weight is 248 g/mol. The fourth-order valence-corrected chi connectivity index (χ4v) is 1.60. The lowest BCUT2D eigenvalue weighted by molar-refractivity contribution is 0.0663. The number of hydrogen-bond acceptors (Lipinski definition) is 4. The summed E-state index contributed by atoms with van der Waals surface area (Å²) in [6.45, 7) is 0. The molecule has 0 aliphatic carbocycles. The summed E-state index contributed by atoms with van der Waals surface area (Å²) < 4.78 is 15.5. The highest BCUT2D eigenvalue weighted by Crippen LogP contribution is 2.32. The molecule has 0 bridgehead atoms. The molecule has 1 heterocycles. The van der Waals surface area contributed by atoms with Gasteiger partial charge in [0.05, 0.1) is 14.2 Å². The molecule has 0 saturated heterocycles. The van der Waals surface area contributed by atoms with Crippen LogP contribution in [0.1, 0.15) is 10.6 Å². The van der Waals surface area contributed by atoms with Crippen LogP contribution in [0, 0.1) is 0 Å². The molecule has 0 amide bonds. The average Bonchev–Trinajstić information content (AvgIpc) is 2.87. The molecule has 2 rings (SSSR count). The zero-order valence-corrected chi connectivity index (χ0v) is 9.97. The number of carbonyl (C=O) groups is 1. The Morgan fingerprint density at radius 3 is 2.39 bits per heavy atom. The Labute approximate surface area is 104 Å². The number of carboxylic acid groups (broad SMARTS) is 1. The molecule has 0 atom stereocenters. The molecular formula is C13H12O5. The van der Waals surface area contributed by atoms with Gasteiger partial charge >= 0.3 is 5.97 Å². The minimum Gasteiger partial charge on any atom is -0.493 e. The first-order chi connectivity index (χ1) is 8.65. The zero-order valence-electron chi connectivity index (χ0n) is 9.97. The molecule has 18 heavy (non-hydrogen) atoms. The van der Waals surface area contributed by atoms with E-state index in [4.69, 9.17) is 19.0 Å². The van der Waals surface area contributed by atoms with Gasteiger partial charge in [0.15, 0.2) is 11.5 Å². The summed E-state index contributed by atoms with van der Waals surface area (Å²) in [5, 5.41) is 8.79. The monoisotopic (exact) mass is 248 g/mol. The van der Waals surface area contributed by atoms with E-state index in [0.29, 0.717) is 17.3 Å². The van der Waals surface area contributed by atoms with Crippen molar-refractivity contribution in [3.05, 3.63) is 36.1 Å². The number of rotatable bonds is 4. The quantitative estimate of drug-likeness (QED) is 0.900. The second kappa shape index (κ2) is 4.83. The summed E-state index contributed by atoms with van der Waals surface area (Å²) in [4.78, 5) is 10.7. The number of methoxy groups -OCH3 is 2. The molecule has 2 aromatic rings. The van der Waals surface area contributed by atoms with Crippen molar-refractivity contribution in [1.29, 1.82) is 0 Å². The van der Waals surface area contributed by atoms with Crippen LogP contribution >= 0.6 is 0 Å². The van der Waals surface area contributed by atoms with Crippen LogP contribution in [-0.4, -0.2) is 25.3 Å². The molecule has 0 unspecified atom stereocenters. The van der Waals surface area contributed by atoms with Crippen LogP contribution in [0.15, 0.2) is 34.7 Å². The van der Waals surface area contributed by atoms with Crippen LogP contribution < -0.4 is 9.47 Å². The normalized spacial score (nSPS) is 10.1. The van der Waals surface area contributed by atoms with Crippen molar-refractivity contribution in [2.45, 2.75) is 0 Å². The lowest BCUT2D eigenvalue weighted by Crippen LogP contribution is -1.92. The third-order valence-electron chi connectivity index (χ3n) is 2.48. The first-order valence-electron chi connectivity index (χ1n) is 5.21. The summed E-state index contributed by atoms with van der Waals surface area (Å²) in [5.41, 5.74) is 0.722. The maximum absolute atomic E-state index is 10.7. The SMILES string of the molecule is COc1ccc(-c2ccc(C(=O)O)o2)cc1OC. The summed E-state index contributed by atoms with van der Waals surface area (Å²) >= 11 is 0. The van der Waals surface area contributed by atoms with E-state index in [1.54, 1.807) is 31.4 Å². The van der Waals surface area contributed by atoms with Gasteiger partial charge in [-0.3, -0.25) is 0 Å². The Hall–Kier alpha value is -2.43. The van der Waals surface area contributed by atoms with Crippen LogP contribution in [0.3, 0.4) is 0 Å². The number of ether oxygens (including phenoxy) is 2. The predicted octanol–water partition coefficient (Wildman–Crippen LogP) is 2.66. The number of aromatic carboxylic acids is 1. The Bertz CT molecular complexity index is 571. The zero-order chi connectivity index (χ0) is 13.1. The summed E-state index contributed by atoms with van der Waals surface area (Å²) in [5.74, 6) is 0.435. The van der Waals surface area contributed by atoms with E-state index < -0.39 is 5.97 Å². The number of carboxylic acids is 1. The van der Waals surface area contributed by atoms with Crippen LogP contribution in [0.25, 0.3) is 11.3 Å². The fourth-order valence-electron chi connectivity index (χ4n) is 1.60. The van der Waals surface area contributed by atoms with Gasteiger partial charge in [-0.05, 0) is 30.3 Å². The van der Waals surface area contributed by atoms with Gasteiger partial charge in [-0.1, -0.05) is 0 Å². The molecule has 0 spiro atoms. The van der Waals surface area contributed by atoms with Gasteiger partial charge < -0.3 is 19.0 Å². The Balaban J connectivity index is 2.41. The lowest BCUT2D eigenvalue weighted by Gasteiger charge is -2.08. The third-order valence-corrected chi connectivity index (χ3v) is 2.48. The van der Waals surface area contributed by atoms with Crippen LogP contribution in [0.2, 0.25) is 0 Å². The smallest absolute Gasteiger partial charge is 0.371 e. The van der Waals surface area contributed by atoms with E-state index in [2.05, 4.69) is 0 Å². The van der Waals surface area contributed by atoms with Gasteiger partial charge in [0.2, 0.25) is 5.76 Å². The lowest BCUT2D eigenvalue weighted by atomic mass is 10.1. The molecule has 5 heteroatoms. The van der Waals surface area contributed by atoms with Crippen molar-refractivity contribution in [2.75, 3.05) is 14.2 Å². The molecule has 0 saturated carbocycles. The standard InChI is InChI=1S/C13H12O5/c1-16-10-4-3-8(7-12(10)17-2)9-5-6-11(18-9)13(14)15/h3-7H,1-2H3,(H,14,15). The molecule has 0 aliphatic heterocycles. The van der Waals surface area contributed by atoms with E-state index in [1.807, 2.05) is 0 Å². The van der Waals surface area contributed by atoms with Crippen LogP contribution in [0.5, 0.6) is 11.5 Å². The van der Waals surface area contributed by atoms with Gasteiger partial charge in [-0.15, -0.1) is 0 Å². The molecule has 1 aromatic heterocycles. The highest BCUT2D eigenvalue weighted by Gasteiger charge is 2.12. The molecule has 0 radical (unpaired) electrons. The molecule has 94 valence electrons. The van der Waals surface area contributed by atoms with Crippen molar-refractivity contribution < 1.29 is 23.8 Å². The molecule has 1 aromatic carbocycles. The number of benzene rings is 1. The minimum absolute atomic E-state index is 0.0974. The number of furan rings is 1. The van der Waals surface area contributed by atoms with E-state index in [9.17, 15) is 4.79 Å². The van der Waals surface area contributed by atoms with Crippen molar-refractivity contribution in [1.82, 2.24) is 0 Å². The largest absolute Gasteiger partial charge is 0.493 e. The van der Waals surface area contributed by atoms with Gasteiger partial charge in [0, 0.05) is 5.56 Å². The van der Waals surface area contributed by atoms with Crippen molar-refractivity contribution in [3.8, 4) is 22.8 Å². The van der Waals surface area contributed by atoms with Crippen LogP contribution in [0.4, 0.5) is 0 Å². The summed E-state index contributed by atoms with van der Waals surface area (Å²) in [6, 6.07) is 8.24. The maximum Gasteiger partial charge on any atom is 0.371 e. The van der Waals surface area contributed by atoms with Gasteiger partial charge in [-0.2, -0.15) is 0 Å². The first kappa shape index (κ1) is 12.0. The van der Waals surface area contributed by atoms with Crippen molar-refractivity contribution in [3.63, 3.8) is 0 Å². The predicted molar refractivity (Wildman–Crippen MR) is 64.2 cm³/mol. The highest BCUT2D eigenvalue weighted by atomic mass is 16.5. The Morgan fingerprint density at radius 2 is 1.83 bits per heavy atom. The topological polar surface area (TPSA) is 68.9 Å². The third kappa shape index (κ3) is 2.15. The van der Waals surface area contributed by atoms with Crippen molar-refractivity contribution in [2.24, 2.45) is 0 Å². The van der Waals surface area contributed by atoms with Gasteiger partial charge in [0.1, 0.15) is 5.76 Å². The molecular weight excluding hydrogens is 236 g/mol. The first-order valence-corrected chi connectivity index (χ1v) is 5.21. The molecule has 0 fully saturated rings. The van der Waals surface area contributed by atoms with Gasteiger partial charge in [0.25, 0.3) is 0 Å². The fraction of sp³-hybridized carbons (Fsp3) is 0.154. The van der Waals surface area contributed by atoms with E-state index in [0.717, 1.165) is 5.56 Å². The van der Waals surface area contributed by atoms with E-state index >= 15 is 0 Å². The molecule has 1 N–H and O–H groups in total. The highest BCUT2D eigenvalue weighted by molar-refractivity contribution is 5.85. The van der Waals surface area contributed by atoms with Crippen molar-refractivity contribution >= 4 is 5.97 Å². The van der Waals surface area contributed by atoms with E-state index in [1.165, 1.54) is 13.2 Å². The van der Waals surface area contributed by atoms with E-state index in [-0.39, 0.29) is 5.76 Å². The second-order valence-corrected chi connectivity index (χ2v) is 3.54.